The first-order valence-electron chi connectivity index (χ1n) is 5.91. The first-order valence-corrected chi connectivity index (χ1v) is 6.79. The van der Waals surface area contributed by atoms with Crippen molar-refractivity contribution in [1.82, 2.24) is 9.97 Å². The topological polar surface area (TPSA) is 51.8 Å². The van der Waals surface area contributed by atoms with E-state index in [1.807, 2.05) is 19.2 Å². The van der Waals surface area contributed by atoms with Crippen molar-refractivity contribution in [2.45, 2.75) is 24.1 Å². The van der Waals surface area contributed by atoms with Crippen molar-refractivity contribution in [3.8, 4) is 0 Å². The lowest BCUT2D eigenvalue weighted by Crippen LogP contribution is -2.09. The highest BCUT2D eigenvalue weighted by molar-refractivity contribution is 7.99. The molecule has 0 fully saturated rings. The lowest BCUT2D eigenvalue weighted by Gasteiger charge is -2.14. The maximum Gasteiger partial charge on any atom is 0.0972 e. The minimum absolute atomic E-state index is 0.201. The molecule has 2 rings (SSSR count). The van der Waals surface area contributed by atoms with Crippen molar-refractivity contribution in [2.75, 3.05) is 6.54 Å². The van der Waals surface area contributed by atoms with Gasteiger partial charge in [-0.15, -0.1) is 0 Å². The predicted molar refractivity (Wildman–Crippen MR) is 75.6 cm³/mol. The molecule has 3 nitrogen and oxygen atoms in total. The molecule has 1 atom stereocenters. The summed E-state index contributed by atoms with van der Waals surface area (Å²) >= 11 is 1.69. The summed E-state index contributed by atoms with van der Waals surface area (Å²) in [6, 6.07) is 8.16. The summed E-state index contributed by atoms with van der Waals surface area (Å²) in [5, 5.41) is 1.22. The van der Waals surface area contributed by atoms with Gasteiger partial charge in [0.2, 0.25) is 0 Å². The molecule has 0 aliphatic carbocycles. The normalized spacial score (nSPS) is 12.4. The molecular weight excluding hydrogens is 242 g/mol. The van der Waals surface area contributed by atoms with Crippen LogP contribution in [-0.2, 0) is 0 Å². The highest BCUT2D eigenvalue weighted by Crippen LogP contribution is 2.33. The fraction of sp³-hybridized carbons (Fsp3) is 0.286. The van der Waals surface area contributed by atoms with E-state index in [0.717, 1.165) is 16.3 Å². The van der Waals surface area contributed by atoms with Crippen molar-refractivity contribution in [2.24, 2.45) is 5.73 Å². The summed E-state index contributed by atoms with van der Waals surface area (Å²) in [4.78, 5) is 8.68. The summed E-state index contributed by atoms with van der Waals surface area (Å²) in [5.41, 5.74) is 9.27. The maximum absolute atomic E-state index is 5.85. The Hall–Kier alpha value is -1.39. The van der Waals surface area contributed by atoms with Crippen molar-refractivity contribution < 1.29 is 0 Å². The number of pyridine rings is 2. The molecule has 2 aromatic rings. The van der Waals surface area contributed by atoms with E-state index in [1.165, 1.54) is 5.56 Å². The zero-order valence-electron chi connectivity index (χ0n) is 10.6. The molecular formula is C14H17N3S. The van der Waals surface area contributed by atoms with Crippen molar-refractivity contribution in [3.05, 3.63) is 53.5 Å². The van der Waals surface area contributed by atoms with Crippen molar-refractivity contribution >= 4 is 11.8 Å². The van der Waals surface area contributed by atoms with Crippen LogP contribution in [0.3, 0.4) is 0 Å². The van der Waals surface area contributed by atoms with Crippen LogP contribution in [0.25, 0.3) is 0 Å². The molecule has 0 aromatic carbocycles. The number of thioether (sulfide) groups is 1. The first kappa shape index (κ1) is 13.1. The predicted octanol–water partition coefficient (Wildman–Crippen LogP) is 2.89. The molecule has 1 unspecified atom stereocenters. The largest absolute Gasteiger partial charge is 0.329 e. The van der Waals surface area contributed by atoms with Gasteiger partial charge in [0, 0.05) is 29.9 Å². The number of nitrogens with zero attached hydrogens (tertiary/aromatic N) is 2. The third-order valence-corrected chi connectivity index (χ3v) is 3.81. The third-order valence-electron chi connectivity index (χ3n) is 2.61. The standard InChI is InChI=1S/C14H17N3S/c1-10-6-11(2)17-14(7-10)18-13(8-15)12-4-3-5-16-9-12/h3-7,9,13H,8,15H2,1-2H3. The van der Waals surface area contributed by atoms with Gasteiger partial charge in [-0.1, -0.05) is 17.8 Å². The van der Waals surface area contributed by atoms with Gasteiger partial charge in [0.15, 0.2) is 0 Å². The summed E-state index contributed by atoms with van der Waals surface area (Å²) in [6.45, 7) is 4.67. The molecule has 0 amide bonds. The van der Waals surface area contributed by atoms with E-state index in [9.17, 15) is 0 Å². The second-order valence-corrected chi connectivity index (χ2v) is 5.48. The Morgan fingerprint density at radius 3 is 2.78 bits per heavy atom. The average molecular weight is 259 g/mol. The monoisotopic (exact) mass is 259 g/mol. The minimum Gasteiger partial charge on any atom is -0.329 e. The zero-order chi connectivity index (χ0) is 13.0. The van der Waals surface area contributed by atoms with E-state index in [0.29, 0.717) is 6.54 Å². The number of hydrogen-bond acceptors (Lipinski definition) is 4. The smallest absolute Gasteiger partial charge is 0.0972 e. The SMILES string of the molecule is Cc1cc(C)nc(SC(CN)c2cccnc2)c1. The van der Waals surface area contributed by atoms with Gasteiger partial charge in [-0.05, 0) is 43.2 Å². The molecule has 0 radical (unpaired) electrons. The van der Waals surface area contributed by atoms with Gasteiger partial charge >= 0.3 is 0 Å². The highest BCUT2D eigenvalue weighted by Gasteiger charge is 2.12. The Bertz CT molecular complexity index is 493. The van der Waals surface area contributed by atoms with E-state index in [-0.39, 0.29) is 5.25 Å². The molecule has 18 heavy (non-hydrogen) atoms. The molecule has 4 heteroatoms. The second-order valence-electron chi connectivity index (χ2n) is 4.25. The Kier molecular flexibility index (Phi) is 4.33. The molecule has 0 spiro atoms. The fourth-order valence-electron chi connectivity index (χ4n) is 1.83. The van der Waals surface area contributed by atoms with Gasteiger partial charge in [0.1, 0.15) is 0 Å². The lowest BCUT2D eigenvalue weighted by atomic mass is 10.2. The Morgan fingerprint density at radius 2 is 2.17 bits per heavy atom. The van der Waals surface area contributed by atoms with Gasteiger partial charge in [0.25, 0.3) is 0 Å². The molecule has 0 saturated heterocycles. The average Bonchev–Trinajstić information content (AvgIpc) is 2.36. The van der Waals surface area contributed by atoms with Crippen LogP contribution in [0, 0.1) is 13.8 Å². The summed E-state index contributed by atoms with van der Waals surface area (Å²) in [7, 11) is 0. The van der Waals surface area contributed by atoms with Gasteiger partial charge in [-0.2, -0.15) is 0 Å². The maximum atomic E-state index is 5.85. The number of hydrogen-bond donors (Lipinski definition) is 1. The fourth-order valence-corrected chi connectivity index (χ4v) is 2.94. The van der Waals surface area contributed by atoms with Crippen LogP contribution in [0.4, 0.5) is 0 Å². The Balaban J connectivity index is 2.20. The summed E-state index contributed by atoms with van der Waals surface area (Å²) < 4.78 is 0. The van der Waals surface area contributed by atoms with Crippen molar-refractivity contribution in [1.29, 1.82) is 0 Å². The molecule has 2 heterocycles. The number of nitrogens with two attached hydrogens (primary N) is 1. The third kappa shape index (κ3) is 3.31. The summed E-state index contributed by atoms with van der Waals surface area (Å²) in [5.74, 6) is 0. The molecule has 2 N–H and O–H groups in total. The molecule has 2 aromatic heterocycles. The molecule has 0 aliphatic rings. The van der Waals surface area contributed by atoms with Gasteiger partial charge in [-0.3, -0.25) is 4.98 Å². The van der Waals surface area contributed by atoms with E-state index in [4.69, 9.17) is 5.73 Å². The van der Waals surface area contributed by atoms with E-state index >= 15 is 0 Å². The van der Waals surface area contributed by atoms with Crippen LogP contribution in [0.15, 0.2) is 41.7 Å². The number of rotatable bonds is 4. The second kappa shape index (κ2) is 5.98. The number of aryl methyl sites for hydroxylation is 2. The molecule has 0 aliphatic heterocycles. The van der Waals surface area contributed by atoms with E-state index in [1.54, 1.807) is 18.0 Å². The first-order chi connectivity index (χ1) is 8.69. The zero-order valence-corrected chi connectivity index (χ0v) is 11.4. The van der Waals surface area contributed by atoms with Gasteiger partial charge < -0.3 is 5.73 Å². The summed E-state index contributed by atoms with van der Waals surface area (Å²) in [6.07, 6.45) is 3.64. The Morgan fingerprint density at radius 1 is 1.33 bits per heavy atom. The van der Waals surface area contributed by atoms with Crippen LogP contribution in [0.5, 0.6) is 0 Å². The van der Waals surface area contributed by atoms with Gasteiger partial charge in [-0.25, -0.2) is 4.98 Å². The van der Waals surface area contributed by atoms with E-state index in [2.05, 4.69) is 35.1 Å². The lowest BCUT2D eigenvalue weighted by molar-refractivity contribution is 0.923. The quantitative estimate of drug-likeness (QED) is 0.858. The molecule has 0 bridgehead atoms. The van der Waals surface area contributed by atoms with E-state index < -0.39 is 0 Å². The van der Waals surface area contributed by atoms with Crippen LogP contribution >= 0.6 is 11.8 Å². The minimum atomic E-state index is 0.201. The number of aromatic nitrogens is 2. The van der Waals surface area contributed by atoms with Crippen molar-refractivity contribution in [3.63, 3.8) is 0 Å². The Labute approximate surface area is 112 Å². The van der Waals surface area contributed by atoms with Crippen LogP contribution in [0.1, 0.15) is 22.1 Å². The highest BCUT2D eigenvalue weighted by atomic mass is 32.2. The van der Waals surface area contributed by atoms with Gasteiger partial charge in [0.05, 0.1) is 5.03 Å². The molecule has 0 saturated carbocycles. The van der Waals surface area contributed by atoms with Crippen LogP contribution in [-0.4, -0.2) is 16.5 Å². The van der Waals surface area contributed by atoms with Crippen LogP contribution in [0.2, 0.25) is 0 Å². The molecule has 94 valence electrons. The van der Waals surface area contributed by atoms with Crippen LogP contribution < -0.4 is 5.73 Å².